The Morgan fingerprint density at radius 3 is 2.59 bits per heavy atom. The van der Waals surface area contributed by atoms with Crippen LogP contribution in [0.25, 0.3) is 0 Å². The fourth-order valence-electron chi connectivity index (χ4n) is 1.62. The lowest BCUT2D eigenvalue weighted by atomic mass is 10.3. The normalized spacial score (nSPS) is 10.3. The first-order chi connectivity index (χ1) is 10.6. The van der Waals surface area contributed by atoms with Crippen molar-refractivity contribution in [2.75, 3.05) is 13.7 Å². The Hall–Kier alpha value is -2.21. The van der Waals surface area contributed by atoms with E-state index in [0.29, 0.717) is 17.9 Å². The van der Waals surface area contributed by atoms with Crippen LogP contribution < -0.4 is 10.2 Å². The second-order valence-corrected chi connectivity index (χ2v) is 5.50. The molecule has 0 radical (unpaired) electrons. The van der Waals surface area contributed by atoms with Gasteiger partial charge in [0.15, 0.2) is 5.43 Å². The molecule has 0 aliphatic carbocycles. The molecule has 2 rings (SSSR count). The van der Waals surface area contributed by atoms with Crippen molar-refractivity contribution < 1.29 is 18.7 Å². The molecule has 22 heavy (non-hydrogen) atoms. The second-order valence-electron chi connectivity index (χ2n) is 4.39. The average Bonchev–Trinajstić information content (AvgIpc) is 2.55. The van der Waals surface area contributed by atoms with Gasteiger partial charge >= 0.3 is 5.97 Å². The van der Waals surface area contributed by atoms with Crippen molar-refractivity contribution >= 4 is 17.7 Å². The summed E-state index contributed by atoms with van der Waals surface area (Å²) in [4.78, 5) is 24.9. The third-order valence-corrected chi connectivity index (χ3v) is 3.75. The molecule has 0 atom stereocenters. The van der Waals surface area contributed by atoms with Gasteiger partial charge in [-0.15, -0.1) is 0 Å². The first-order valence-corrected chi connectivity index (χ1v) is 7.57. The summed E-state index contributed by atoms with van der Waals surface area (Å²) < 4.78 is 15.2. The van der Waals surface area contributed by atoms with E-state index in [1.807, 2.05) is 19.1 Å². The zero-order valence-electron chi connectivity index (χ0n) is 12.3. The third kappa shape index (κ3) is 4.14. The molecule has 0 amide bonds. The molecule has 0 saturated heterocycles. The largest absolute Gasteiger partial charge is 0.497 e. The third-order valence-electron chi connectivity index (χ3n) is 2.72. The van der Waals surface area contributed by atoms with Gasteiger partial charge in [-0.1, -0.05) is 18.7 Å². The first kappa shape index (κ1) is 16.2. The molecule has 6 heteroatoms. The van der Waals surface area contributed by atoms with Gasteiger partial charge in [0.05, 0.1) is 18.6 Å². The zero-order valence-corrected chi connectivity index (χ0v) is 13.1. The molecule has 1 aromatic heterocycles. The molecule has 5 nitrogen and oxygen atoms in total. The molecule has 2 aromatic rings. The number of carbonyl (C=O) groups excluding carboxylic acids is 1. The van der Waals surface area contributed by atoms with E-state index in [-0.39, 0.29) is 11.2 Å². The molecule has 0 bridgehead atoms. The van der Waals surface area contributed by atoms with E-state index in [9.17, 15) is 9.59 Å². The first-order valence-electron chi connectivity index (χ1n) is 6.76. The van der Waals surface area contributed by atoms with Gasteiger partial charge in [-0.3, -0.25) is 4.79 Å². The highest BCUT2D eigenvalue weighted by Gasteiger charge is 2.13. The van der Waals surface area contributed by atoms with Gasteiger partial charge in [0.2, 0.25) is 5.76 Å². The van der Waals surface area contributed by atoms with Gasteiger partial charge < -0.3 is 13.9 Å². The number of esters is 1. The van der Waals surface area contributed by atoms with Crippen LogP contribution >= 0.6 is 11.8 Å². The minimum absolute atomic E-state index is 0.0856. The van der Waals surface area contributed by atoms with Crippen LogP contribution in [0.3, 0.4) is 0 Å². The number of hydrogen-bond acceptors (Lipinski definition) is 6. The lowest BCUT2D eigenvalue weighted by molar-refractivity contribution is 0.0465. The number of benzene rings is 1. The monoisotopic (exact) mass is 320 g/mol. The van der Waals surface area contributed by atoms with Gasteiger partial charge in [-0.25, -0.2) is 4.79 Å². The summed E-state index contributed by atoms with van der Waals surface area (Å²) in [6, 6.07) is 8.45. The maximum Gasteiger partial charge on any atom is 0.374 e. The summed E-state index contributed by atoms with van der Waals surface area (Å²) in [5.74, 6) is 0.0304. The van der Waals surface area contributed by atoms with Crippen molar-refractivity contribution in [2.45, 2.75) is 23.1 Å². The summed E-state index contributed by atoms with van der Waals surface area (Å²) in [5, 5.41) is 0. The topological polar surface area (TPSA) is 65.7 Å². The van der Waals surface area contributed by atoms with Crippen LogP contribution in [0.5, 0.6) is 5.75 Å². The number of rotatable bonds is 6. The van der Waals surface area contributed by atoms with E-state index in [4.69, 9.17) is 13.9 Å². The summed E-state index contributed by atoms with van der Waals surface area (Å²) in [7, 11) is 1.59. The molecule has 1 aromatic carbocycles. The van der Waals surface area contributed by atoms with Crippen molar-refractivity contribution in [1.29, 1.82) is 0 Å². The summed E-state index contributed by atoms with van der Waals surface area (Å²) >= 11 is 1.26. The van der Waals surface area contributed by atoms with Gasteiger partial charge in [0.25, 0.3) is 0 Å². The fourth-order valence-corrected chi connectivity index (χ4v) is 2.40. The van der Waals surface area contributed by atoms with Crippen LogP contribution in [-0.2, 0) is 4.74 Å². The van der Waals surface area contributed by atoms with Crippen molar-refractivity contribution in [3.05, 3.63) is 52.6 Å². The molecular formula is C16H16O5S. The summed E-state index contributed by atoms with van der Waals surface area (Å²) in [5.41, 5.74) is -0.282. The average molecular weight is 320 g/mol. The van der Waals surface area contributed by atoms with Crippen LogP contribution in [0, 0.1) is 0 Å². The number of ether oxygens (including phenoxy) is 2. The molecule has 0 fully saturated rings. The van der Waals surface area contributed by atoms with E-state index in [1.165, 1.54) is 18.0 Å². The van der Waals surface area contributed by atoms with E-state index in [0.717, 1.165) is 16.7 Å². The van der Waals surface area contributed by atoms with Gasteiger partial charge in [0.1, 0.15) is 12.0 Å². The lowest BCUT2D eigenvalue weighted by Crippen LogP contribution is -2.11. The highest BCUT2D eigenvalue weighted by Crippen LogP contribution is 2.26. The maximum absolute atomic E-state index is 12.0. The Morgan fingerprint density at radius 1 is 1.27 bits per heavy atom. The smallest absolute Gasteiger partial charge is 0.374 e. The molecule has 0 aliphatic heterocycles. The molecule has 0 aliphatic rings. The molecule has 0 spiro atoms. The van der Waals surface area contributed by atoms with E-state index in [1.54, 1.807) is 19.2 Å². The van der Waals surface area contributed by atoms with Gasteiger partial charge in [0, 0.05) is 11.0 Å². The van der Waals surface area contributed by atoms with Gasteiger partial charge in [-0.05, 0) is 30.7 Å². The maximum atomic E-state index is 12.0. The predicted octanol–water partition coefficient (Wildman–Crippen LogP) is 3.37. The van der Waals surface area contributed by atoms with Crippen molar-refractivity contribution in [1.82, 2.24) is 0 Å². The minimum Gasteiger partial charge on any atom is -0.497 e. The van der Waals surface area contributed by atoms with E-state index < -0.39 is 5.97 Å². The van der Waals surface area contributed by atoms with Gasteiger partial charge in [-0.2, -0.15) is 0 Å². The Balaban J connectivity index is 2.12. The van der Waals surface area contributed by atoms with Crippen LogP contribution in [0.4, 0.5) is 0 Å². The quantitative estimate of drug-likeness (QED) is 0.760. The Labute approximate surface area is 132 Å². The van der Waals surface area contributed by atoms with Crippen LogP contribution in [0.15, 0.2) is 55.6 Å². The van der Waals surface area contributed by atoms with Crippen LogP contribution in [-0.4, -0.2) is 19.7 Å². The van der Waals surface area contributed by atoms with Crippen molar-refractivity contribution in [3.8, 4) is 5.75 Å². The summed E-state index contributed by atoms with van der Waals surface area (Å²) in [6.07, 6.45) is 1.99. The Kier molecular flexibility index (Phi) is 5.66. The van der Waals surface area contributed by atoms with Crippen molar-refractivity contribution in [2.24, 2.45) is 0 Å². The Bertz CT molecular complexity index is 690. The lowest BCUT2D eigenvalue weighted by Gasteiger charge is -2.04. The van der Waals surface area contributed by atoms with E-state index >= 15 is 0 Å². The minimum atomic E-state index is -0.625. The fraction of sp³-hybridized carbons (Fsp3) is 0.250. The molecule has 116 valence electrons. The zero-order chi connectivity index (χ0) is 15.9. The molecule has 0 unspecified atom stereocenters. The Morgan fingerprint density at radius 2 is 2.00 bits per heavy atom. The predicted molar refractivity (Wildman–Crippen MR) is 82.7 cm³/mol. The SMILES string of the molecule is CCCOC(=O)c1cc(=O)c(Sc2ccc(OC)cc2)co1. The van der Waals surface area contributed by atoms with Crippen LogP contribution in [0.1, 0.15) is 23.9 Å². The number of carbonyl (C=O) groups is 1. The molecule has 0 saturated carbocycles. The highest BCUT2D eigenvalue weighted by molar-refractivity contribution is 7.99. The summed E-state index contributed by atoms with van der Waals surface area (Å²) in [6.45, 7) is 2.18. The second kappa shape index (κ2) is 7.70. The molecular weight excluding hydrogens is 304 g/mol. The van der Waals surface area contributed by atoms with E-state index in [2.05, 4.69) is 0 Å². The highest BCUT2D eigenvalue weighted by atomic mass is 32.2. The number of hydrogen-bond donors (Lipinski definition) is 0. The van der Waals surface area contributed by atoms with Crippen LogP contribution in [0.2, 0.25) is 0 Å². The standard InChI is InChI=1S/C16H16O5S/c1-3-8-20-16(18)14-9-13(17)15(10-21-14)22-12-6-4-11(19-2)5-7-12/h4-7,9-10H,3,8H2,1-2H3. The number of methoxy groups -OCH3 is 1. The molecule has 1 heterocycles. The molecule has 0 N–H and O–H groups in total. The van der Waals surface area contributed by atoms with Crippen molar-refractivity contribution in [3.63, 3.8) is 0 Å².